The molecule has 0 radical (unpaired) electrons. The zero-order valence-electron chi connectivity index (χ0n) is 19.0. The van der Waals surface area contributed by atoms with E-state index >= 15 is 0 Å². The second-order valence-corrected chi connectivity index (χ2v) is 10.0. The smallest absolute Gasteiger partial charge is 0.250 e. The van der Waals surface area contributed by atoms with Crippen LogP contribution in [0, 0.1) is 10.8 Å². The molecule has 2 fully saturated rings. The van der Waals surface area contributed by atoms with Crippen molar-refractivity contribution in [2.75, 3.05) is 38.1 Å². The molecule has 2 aliphatic rings. The number of fused-ring (bicyclic) bond motifs is 1. The van der Waals surface area contributed by atoms with Gasteiger partial charge in [-0.3, -0.25) is 4.79 Å². The van der Waals surface area contributed by atoms with Gasteiger partial charge in [0.2, 0.25) is 0 Å². The number of rotatable bonds is 3. The lowest BCUT2D eigenvalue weighted by molar-refractivity contribution is 0.212. The monoisotopic (exact) mass is 431 g/mol. The van der Waals surface area contributed by atoms with Crippen LogP contribution in [0.25, 0.3) is 22.4 Å². The molecule has 2 saturated heterocycles. The third-order valence-electron chi connectivity index (χ3n) is 7.46. The average Bonchev–Trinajstić information content (AvgIpc) is 3.12. The molecule has 1 N–H and O–H groups in total. The predicted molar refractivity (Wildman–Crippen MR) is 126 cm³/mol. The molecule has 0 amide bonds. The number of hydrogen-bond acceptors (Lipinski definition) is 6. The first kappa shape index (κ1) is 20.7. The summed E-state index contributed by atoms with van der Waals surface area (Å²) in [4.78, 5) is 16.7. The first-order chi connectivity index (χ1) is 15.2. The highest BCUT2D eigenvalue weighted by molar-refractivity contribution is 5.74. The van der Waals surface area contributed by atoms with Crippen LogP contribution in [0.3, 0.4) is 0 Å². The average molecular weight is 432 g/mol. The highest BCUT2D eigenvalue weighted by Crippen LogP contribution is 2.51. The van der Waals surface area contributed by atoms with Gasteiger partial charge in [-0.1, -0.05) is 19.9 Å². The van der Waals surface area contributed by atoms with Crippen LogP contribution in [0.5, 0.6) is 5.75 Å². The molecule has 4 heterocycles. The van der Waals surface area contributed by atoms with Gasteiger partial charge in [-0.2, -0.15) is 0 Å². The van der Waals surface area contributed by atoms with Crippen molar-refractivity contribution in [3.8, 4) is 28.1 Å². The van der Waals surface area contributed by atoms with Crippen molar-refractivity contribution in [2.45, 2.75) is 13.8 Å². The largest absolute Gasteiger partial charge is 0.507 e. The Hall–Kier alpha value is -3.19. The number of anilines is 1. The molecule has 2 aromatic heterocycles. The Balaban J connectivity index is 1.38. The van der Waals surface area contributed by atoms with Gasteiger partial charge in [0.1, 0.15) is 5.75 Å². The Morgan fingerprint density at radius 3 is 2.16 bits per heavy atom. The van der Waals surface area contributed by atoms with E-state index in [4.69, 9.17) is 0 Å². The maximum absolute atomic E-state index is 11.9. The standard InChI is InChI=1S/C25H29N5O2/c1-24-13-28(3)14-25(24,2)16-30(15-24)22-8-7-20(26-27-22)19-6-5-17(11-21(19)31)18-9-10-29(4)23(32)12-18/h5-12,31H,13-16H2,1-4H3/t24-,25+. The van der Waals surface area contributed by atoms with E-state index in [9.17, 15) is 9.90 Å². The van der Waals surface area contributed by atoms with Gasteiger partial charge < -0.3 is 19.5 Å². The number of likely N-dealkylation sites (tertiary alicyclic amines) is 1. The van der Waals surface area contributed by atoms with E-state index in [2.05, 4.69) is 40.9 Å². The Kier molecular flexibility index (Phi) is 4.64. The molecule has 0 unspecified atom stereocenters. The van der Waals surface area contributed by atoms with Crippen LogP contribution in [0.1, 0.15) is 13.8 Å². The number of pyridine rings is 1. The molecule has 3 aromatic rings. The van der Waals surface area contributed by atoms with Crippen molar-refractivity contribution < 1.29 is 5.11 Å². The molecule has 2 atom stereocenters. The summed E-state index contributed by atoms with van der Waals surface area (Å²) in [6, 6.07) is 12.7. The lowest BCUT2D eigenvalue weighted by Gasteiger charge is -2.30. The first-order valence-corrected chi connectivity index (χ1v) is 11.0. The molecule has 7 nitrogen and oxygen atoms in total. The van der Waals surface area contributed by atoms with Crippen LogP contribution in [0.2, 0.25) is 0 Å². The summed E-state index contributed by atoms with van der Waals surface area (Å²) in [5, 5.41) is 19.6. The minimum Gasteiger partial charge on any atom is -0.507 e. The first-order valence-electron chi connectivity index (χ1n) is 11.0. The number of aromatic hydroxyl groups is 1. The van der Waals surface area contributed by atoms with E-state index in [1.165, 1.54) is 4.57 Å². The van der Waals surface area contributed by atoms with E-state index in [1.807, 2.05) is 30.3 Å². The number of aryl methyl sites for hydroxylation is 1. The fourth-order valence-corrected chi connectivity index (χ4v) is 5.46. The van der Waals surface area contributed by atoms with Crippen molar-refractivity contribution in [1.82, 2.24) is 19.7 Å². The molecule has 0 bridgehead atoms. The second kappa shape index (κ2) is 7.17. The number of aromatic nitrogens is 3. The second-order valence-electron chi connectivity index (χ2n) is 10.0. The van der Waals surface area contributed by atoms with E-state index in [0.29, 0.717) is 11.3 Å². The van der Waals surface area contributed by atoms with Crippen molar-refractivity contribution in [3.05, 3.63) is 59.0 Å². The summed E-state index contributed by atoms with van der Waals surface area (Å²) in [5.74, 6) is 0.994. The fraction of sp³-hybridized carbons (Fsp3) is 0.400. The lowest BCUT2D eigenvalue weighted by atomic mass is 9.71. The van der Waals surface area contributed by atoms with E-state index in [-0.39, 0.29) is 22.1 Å². The summed E-state index contributed by atoms with van der Waals surface area (Å²) in [6.07, 6.45) is 1.72. The minimum absolute atomic E-state index is 0.0899. The molecule has 32 heavy (non-hydrogen) atoms. The van der Waals surface area contributed by atoms with Gasteiger partial charge in [-0.05, 0) is 48.5 Å². The lowest BCUT2D eigenvalue weighted by Crippen LogP contribution is -2.34. The van der Waals surface area contributed by atoms with Crippen LogP contribution >= 0.6 is 0 Å². The number of nitrogens with zero attached hydrogens (tertiary/aromatic N) is 5. The van der Waals surface area contributed by atoms with Gasteiger partial charge in [-0.25, -0.2) is 0 Å². The summed E-state index contributed by atoms with van der Waals surface area (Å²) in [6.45, 7) is 8.88. The van der Waals surface area contributed by atoms with Gasteiger partial charge in [0.15, 0.2) is 5.82 Å². The number of benzene rings is 1. The quantitative estimate of drug-likeness (QED) is 0.687. The Morgan fingerprint density at radius 1 is 0.875 bits per heavy atom. The minimum atomic E-state index is -0.0899. The molecule has 0 saturated carbocycles. The SMILES string of the molecule is CN1C[C@@]2(C)CN(c3ccc(-c4ccc(-c5ccn(C)c(=O)c5)cc4O)nn3)C[C@@]2(C)C1. The van der Waals surface area contributed by atoms with Gasteiger partial charge in [0, 0.05) is 61.9 Å². The third-order valence-corrected chi connectivity index (χ3v) is 7.46. The highest BCUT2D eigenvalue weighted by Gasteiger charge is 2.56. The van der Waals surface area contributed by atoms with Crippen LogP contribution < -0.4 is 10.5 Å². The van der Waals surface area contributed by atoms with Crippen molar-refractivity contribution in [3.63, 3.8) is 0 Å². The molecule has 1 aromatic carbocycles. The van der Waals surface area contributed by atoms with E-state index in [1.54, 1.807) is 25.4 Å². The topological polar surface area (TPSA) is 74.5 Å². The summed E-state index contributed by atoms with van der Waals surface area (Å²) >= 11 is 0. The summed E-state index contributed by atoms with van der Waals surface area (Å²) < 4.78 is 1.52. The molecule has 7 heteroatoms. The highest BCUT2D eigenvalue weighted by atomic mass is 16.3. The summed E-state index contributed by atoms with van der Waals surface area (Å²) in [5.41, 5.74) is 3.19. The van der Waals surface area contributed by atoms with Crippen LogP contribution in [0.4, 0.5) is 5.82 Å². The molecule has 0 aliphatic carbocycles. The van der Waals surface area contributed by atoms with Crippen molar-refractivity contribution in [1.29, 1.82) is 0 Å². The molecular formula is C25H29N5O2. The van der Waals surface area contributed by atoms with E-state index < -0.39 is 0 Å². The molecule has 2 aliphatic heterocycles. The predicted octanol–water partition coefficient (Wildman–Crippen LogP) is 2.99. The van der Waals surface area contributed by atoms with Crippen molar-refractivity contribution in [2.24, 2.45) is 17.9 Å². The van der Waals surface area contributed by atoms with E-state index in [0.717, 1.165) is 43.1 Å². The molecule has 0 spiro atoms. The van der Waals surface area contributed by atoms with Crippen molar-refractivity contribution >= 4 is 5.82 Å². The molecule has 5 rings (SSSR count). The Labute approximate surface area is 187 Å². The van der Waals surface area contributed by atoms with Crippen LogP contribution in [-0.4, -0.2) is 58.0 Å². The maximum atomic E-state index is 11.9. The fourth-order valence-electron chi connectivity index (χ4n) is 5.46. The maximum Gasteiger partial charge on any atom is 0.250 e. The number of phenolic OH excluding ortho intramolecular Hbond substituents is 1. The zero-order chi connectivity index (χ0) is 22.7. The number of hydrogen-bond donors (Lipinski definition) is 1. The van der Waals surface area contributed by atoms with Gasteiger partial charge >= 0.3 is 0 Å². The zero-order valence-corrected chi connectivity index (χ0v) is 19.0. The molecular weight excluding hydrogens is 402 g/mol. The van der Waals surface area contributed by atoms with Gasteiger partial charge in [0.05, 0.1) is 5.69 Å². The Bertz CT molecular complexity index is 1220. The third kappa shape index (κ3) is 3.28. The normalized spacial score (nSPS) is 25.3. The summed E-state index contributed by atoms with van der Waals surface area (Å²) in [7, 11) is 3.91. The van der Waals surface area contributed by atoms with Gasteiger partial charge in [0.25, 0.3) is 5.56 Å². The molecule has 166 valence electrons. The van der Waals surface area contributed by atoms with Crippen LogP contribution in [0.15, 0.2) is 53.5 Å². The van der Waals surface area contributed by atoms with Gasteiger partial charge in [-0.15, -0.1) is 10.2 Å². The Morgan fingerprint density at radius 2 is 1.56 bits per heavy atom. The number of phenols is 1. The van der Waals surface area contributed by atoms with Crippen LogP contribution in [-0.2, 0) is 7.05 Å².